The Morgan fingerprint density at radius 1 is 1.50 bits per heavy atom. The van der Waals surface area contributed by atoms with Crippen molar-refractivity contribution in [2.75, 3.05) is 0 Å². The third kappa shape index (κ3) is 1.02. The van der Waals surface area contributed by atoms with E-state index in [2.05, 4.69) is 15.9 Å². The third-order valence-electron chi connectivity index (χ3n) is 1.76. The molecule has 0 spiro atoms. The number of aliphatic hydroxyl groups is 1. The van der Waals surface area contributed by atoms with E-state index in [0.29, 0.717) is 0 Å². The fraction of sp³-hybridized carbons (Fsp3) is 0.429. The van der Waals surface area contributed by atoms with Gasteiger partial charge in [0.2, 0.25) is 0 Å². The standard InChI is InChI=1S/C7H7BrOS/c8-6-2-1-5(10-6)7(9)3-4-7/h1-2,9H,3-4H2. The molecule has 54 valence electrons. The van der Waals surface area contributed by atoms with Gasteiger partial charge in [-0.15, -0.1) is 11.3 Å². The summed E-state index contributed by atoms with van der Waals surface area (Å²) in [5.41, 5.74) is -0.448. The van der Waals surface area contributed by atoms with Crippen molar-refractivity contribution in [3.63, 3.8) is 0 Å². The molecule has 1 nitrogen and oxygen atoms in total. The molecule has 0 unspecified atom stereocenters. The fourth-order valence-electron chi connectivity index (χ4n) is 0.929. The van der Waals surface area contributed by atoms with E-state index in [1.165, 1.54) is 0 Å². The van der Waals surface area contributed by atoms with E-state index in [0.717, 1.165) is 21.5 Å². The van der Waals surface area contributed by atoms with Gasteiger partial charge in [0.25, 0.3) is 0 Å². The SMILES string of the molecule is OC1(c2ccc(Br)s2)CC1. The van der Waals surface area contributed by atoms with Crippen molar-refractivity contribution in [2.45, 2.75) is 18.4 Å². The average molecular weight is 219 g/mol. The summed E-state index contributed by atoms with van der Waals surface area (Å²) in [6.07, 6.45) is 1.86. The van der Waals surface area contributed by atoms with Crippen molar-refractivity contribution in [2.24, 2.45) is 0 Å². The van der Waals surface area contributed by atoms with E-state index < -0.39 is 5.60 Å². The molecule has 1 aromatic rings. The van der Waals surface area contributed by atoms with Crippen LogP contribution in [-0.2, 0) is 5.60 Å². The van der Waals surface area contributed by atoms with Crippen LogP contribution in [0.15, 0.2) is 15.9 Å². The van der Waals surface area contributed by atoms with Gasteiger partial charge in [-0.3, -0.25) is 0 Å². The minimum Gasteiger partial charge on any atom is -0.384 e. The second-order valence-electron chi connectivity index (χ2n) is 2.64. The summed E-state index contributed by atoms with van der Waals surface area (Å²) in [6, 6.07) is 3.97. The molecule has 1 aliphatic carbocycles. The molecule has 0 amide bonds. The van der Waals surface area contributed by atoms with E-state index in [9.17, 15) is 5.11 Å². The third-order valence-corrected chi connectivity index (χ3v) is 3.57. The van der Waals surface area contributed by atoms with Gasteiger partial charge in [-0.25, -0.2) is 0 Å². The van der Waals surface area contributed by atoms with Crippen LogP contribution in [0.4, 0.5) is 0 Å². The Balaban J connectivity index is 2.34. The van der Waals surface area contributed by atoms with Gasteiger partial charge in [-0.05, 0) is 40.9 Å². The van der Waals surface area contributed by atoms with Gasteiger partial charge in [-0.1, -0.05) is 0 Å². The number of thiophene rings is 1. The molecule has 1 aliphatic rings. The molecule has 0 radical (unpaired) electrons. The predicted octanol–water partition coefficient (Wildman–Crippen LogP) is 2.49. The lowest BCUT2D eigenvalue weighted by Crippen LogP contribution is -1.99. The summed E-state index contributed by atoms with van der Waals surface area (Å²) in [5.74, 6) is 0. The van der Waals surface area contributed by atoms with Crippen LogP contribution in [0.3, 0.4) is 0 Å². The minimum atomic E-state index is -0.448. The lowest BCUT2D eigenvalue weighted by atomic mass is 10.3. The average Bonchev–Trinajstić information content (AvgIpc) is 2.45. The van der Waals surface area contributed by atoms with E-state index in [1.807, 2.05) is 12.1 Å². The molecular formula is C7H7BrOS. The van der Waals surface area contributed by atoms with Crippen LogP contribution >= 0.6 is 27.3 Å². The molecule has 10 heavy (non-hydrogen) atoms. The predicted molar refractivity (Wildman–Crippen MR) is 45.1 cm³/mol. The summed E-state index contributed by atoms with van der Waals surface area (Å²) >= 11 is 4.98. The second-order valence-corrected chi connectivity index (χ2v) is 5.10. The molecule has 0 aromatic carbocycles. The Bertz CT molecular complexity index is 252. The Hall–Kier alpha value is 0.140. The largest absolute Gasteiger partial charge is 0.384 e. The van der Waals surface area contributed by atoms with Crippen LogP contribution < -0.4 is 0 Å². The van der Waals surface area contributed by atoms with E-state index in [1.54, 1.807) is 11.3 Å². The highest BCUT2D eigenvalue weighted by Gasteiger charge is 2.43. The van der Waals surface area contributed by atoms with Crippen molar-refractivity contribution in [3.8, 4) is 0 Å². The van der Waals surface area contributed by atoms with Crippen molar-refractivity contribution in [3.05, 3.63) is 20.8 Å². The van der Waals surface area contributed by atoms with Crippen LogP contribution in [0.25, 0.3) is 0 Å². The van der Waals surface area contributed by atoms with E-state index >= 15 is 0 Å². The molecule has 1 saturated carbocycles. The highest BCUT2D eigenvalue weighted by molar-refractivity contribution is 9.11. The van der Waals surface area contributed by atoms with Gasteiger partial charge in [0.15, 0.2) is 0 Å². The lowest BCUT2D eigenvalue weighted by molar-refractivity contribution is 0.155. The second kappa shape index (κ2) is 2.06. The molecule has 1 N–H and O–H groups in total. The lowest BCUT2D eigenvalue weighted by Gasteiger charge is -2.00. The first-order chi connectivity index (χ1) is 4.71. The Morgan fingerprint density at radius 2 is 2.20 bits per heavy atom. The van der Waals surface area contributed by atoms with Crippen molar-refractivity contribution in [1.82, 2.24) is 0 Å². The summed E-state index contributed by atoms with van der Waals surface area (Å²) < 4.78 is 1.10. The molecule has 0 bridgehead atoms. The van der Waals surface area contributed by atoms with Gasteiger partial charge in [0.1, 0.15) is 0 Å². The minimum absolute atomic E-state index is 0.448. The topological polar surface area (TPSA) is 20.2 Å². The van der Waals surface area contributed by atoms with Crippen molar-refractivity contribution in [1.29, 1.82) is 0 Å². The molecule has 0 aliphatic heterocycles. The zero-order chi connectivity index (χ0) is 7.19. The van der Waals surface area contributed by atoms with Crippen LogP contribution in [0.2, 0.25) is 0 Å². The Kier molecular flexibility index (Phi) is 1.41. The summed E-state index contributed by atoms with van der Waals surface area (Å²) in [5, 5.41) is 9.60. The number of hydrogen-bond acceptors (Lipinski definition) is 2. The first-order valence-electron chi connectivity index (χ1n) is 3.19. The number of halogens is 1. The number of rotatable bonds is 1. The normalized spacial score (nSPS) is 21.0. The molecule has 0 atom stereocenters. The molecular weight excluding hydrogens is 212 g/mol. The monoisotopic (exact) mass is 218 g/mol. The maximum Gasteiger partial charge on any atom is 0.0990 e. The van der Waals surface area contributed by atoms with Crippen LogP contribution in [0, 0.1) is 0 Å². The smallest absolute Gasteiger partial charge is 0.0990 e. The zero-order valence-corrected chi connectivity index (χ0v) is 7.70. The molecule has 3 heteroatoms. The van der Waals surface area contributed by atoms with Crippen LogP contribution in [0.1, 0.15) is 17.7 Å². The van der Waals surface area contributed by atoms with Gasteiger partial charge >= 0.3 is 0 Å². The van der Waals surface area contributed by atoms with Gasteiger partial charge in [0.05, 0.1) is 9.39 Å². The molecule has 1 fully saturated rings. The van der Waals surface area contributed by atoms with Crippen molar-refractivity contribution < 1.29 is 5.11 Å². The van der Waals surface area contributed by atoms with Gasteiger partial charge < -0.3 is 5.11 Å². The highest BCUT2D eigenvalue weighted by atomic mass is 79.9. The number of hydrogen-bond donors (Lipinski definition) is 1. The Morgan fingerprint density at radius 3 is 2.60 bits per heavy atom. The molecule has 1 aromatic heterocycles. The highest BCUT2D eigenvalue weighted by Crippen LogP contribution is 2.48. The summed E-state index contributed by atoms with van der Waals surface area (Å²) in [7, 11) is 0. The van der Waals surface area contributed by atoms with E-state index in [-0.39, 0.29) is 0 Å². The summed E-state index contributed by atoms with van der Waals surface area (Å²) in [4.78, 5) is 1.10. The first kappa shape index (κ1) is 6.83. The van der Waals surface area contributed by atoms with Gasteiger partial charge in [-0.2, -0.15) is 0 Å². The molecule has 2 rings (SSSR count). The molecule has 1 heterocycles. The maximum absolute atomic E-state index is 9.60. The van der Waals surface area contributed by atoms with Crippen LogP contribution in [0.5, 0.6) is 0 Å². The van der Waals surface area contributed by atoms with Crippen molar-refractivity contribution >= 4 is 27.3 Å². The zero-order valence-electron chi connectivity index (χ0n) is 5.30. The maximum atomic E-state index is 9.60. The van der Waals surface area contributed by atoms with E-state index in [4.69, 9.17) is 0 Å². The first-order valence-corrected chi connectivity index (χ1v) is 4.80. The quantitative estimate of drug-likeness (QED) is 0.769. The fourth-order valence-corrected chi connectivity index (χ4v) is 2.46. The van der Waals surface area contributed by atoms with Gasteiger partial charge in [0, 0.05) is 4.88 Å². The summed E-state index contributed by atoms with van der Waals surface area (Å²) in [6.45, 7) is 0. The Labute approximate surface area is 71.8 Å². The molecule has 0 saturated heterocycles. The van der Waals surface area contributed by atoms with Crippen LogP contribution in [-0.4, -0.2) is 5.11 Å².